The average molecular weight is 310 g/mol. The Bertz CT molecular complexity index is 510. The molecule has 5 heteroatoms. The molecular weight excluding hydrogens is 286 g/mol. The molecule has 0 saturated carbocycles. The quantitative estimate of drug-likeness (QED) is 0.874. The van der Waals surface area contributed by atoms with Crippen molar-refractivity contribution in [3.63, 3.8) is 0 Å². The molecule has 0 radical (unpaired) electrons. The maximum Gasteiger partial charge on any atom is 0.253 e. The molecule has 0 unspecified atom stereocenters. The van der Waals surface area contributed by atoms with Crippen LogP contribution in [0.5, 0.6) is 0 Å². The largest absolute Gasteiger partial charge is 0.398 e. The highest BCUT2D eigenvalue weighted by atomic mass is 35.5. The van der Waals surface area contributed by atoms with Gasteiger partial charge in [0.2, 0.25) is 0 Å². The molecule has 0 spiro atoms. The van der Waals surface area contributed by atoms with Gasteiger partial charge in [-0.05, 0) is 44.9 Å². The van der Waals surface area contributed by atoms with Gasteiger partial charge in [-0.25, -0.2) is 0 Å². The number of hydrogen-bond donors (Lipinski definition) is 1. The van der Waals surface area contributed by atoms with Gasteiger partial charge in [-0.2, -0.15) is 0 Å². The van der Waals surface area contributed by atoms with Crippen molar-refractivity contribution in [3.8, 4) is 0 Å². The number of nitrogens with two attached hydrogens (primary N) is 1. The van der Waals surface area contributed by atoms with Crippen molar-refractivity contribution in [2.45, 2.75) is 38.8 Å². The van der Waals surface area contributed by atoms with Gasteiger partial charge in [0.25, 0.3) is 5.91 Å². The van der Waals surface area contributed by atoms with Crippen LogP contribution in [0.25, 0.3) is 0 Å². The minimum Gasteiger partial charge on any atom is -0.398 e. The first-order valence-electron chi connectivity index (χ1n) is 7.46. The number of nitrogen functional groups attached to an aromatic ring is 1. The predicted molar refractivity (Wildman–Crippen MR) is 87.7 cm³/mol. The summed E-state index contributed by atoms with van der Waals surface area (Å²) in [6.45, 7) is 6.52. The Balaban J connectivity index is 2.01. The lowest BCUT2D eigenvalue weighted by Gasteiger charge is -2.38. The molecule has 4 nitrogen and oxygen atoms in total. The van der Waals surface area contributed by atoms with Crippen molar-refractivity contribution >= 4 is 23.2 Å². The summed E-state index contributed by atoms with van der Waals surface area (Å²) in [6, 6.07) is 5.94. The lowest BCUT2D eigenvalue weighted by atomic mass is 10.0. The molecule has 21 heavy (non-hydrogen) atoms. The van der Waals surface area contributed by atoms with E-state index in [2.05, 4.69) is 18.7 Å². The number of carbonyl (C=O) groups is 1. The van der Waals surface area contributed by atoms with Crippen molar-refractivity contribution in [1.29, 1.82) is 0 Å². The summed E-state index contributed by atoms with van der Waals surface area (Å²) in [4.78, 5) is 16.8. The van der Waals surface area contributed by atoms with Crippen LogP contribution >= 0.6 is 11.6 Å². The summed E-state index contributed by atoms with van der Waals surface area (Å²) in [5.41, 5.74) is 6.83. The molecular formula is C16H24ClN3O. The first kappa shape index (κ1) is 16.1. The molecule has 1 aromatic rings. The summed E-state index contributed by atoms with van der Waals surface area (Å²) in [5.74, 6) is 0.0152. The van der Waals surface area contributed by atoms with Crippen molar-refractivity contribution in [2.75, 3.05) is 25.9 Å². The Kier molecular flexibility index (Phi) is 5.12. The van der Waals surface area contributed by atoms with Crippen molar-refractivity contribution in [1.82, 2.24) is 9.80 Å². The van der Waals surface area contributed by atoms with E-state index in [0.717, 1.165) is 25.9 Å². The van der Waals surface area contributed by atoms with Crippen molar-refractivity contribution in [3.05, 3.63) is 28.8 Å². The molecule has 1 aliphatic rings. The molecule has 0 aromatic heterocycles. The SMILES string of the molecule is CC(C)N1CCC(N(C)C(=O)c2ccc(Cl)c(N)c2)CC1. The van der Waals surface area contributed by atoms with Crippen LogP contribution in [0.15, 0.2) is 18.2 Å². The van der Waals surface area contributed by atoms with Crippen LogP contribution in [-0.4, -0.2) is 47.9 Å². The van der Waals surface area contributed by atoms with E-state index >= 15 is 0 Å². The van der Waals surface area contributed by atoms with Gasteiger partial charge in [-0.3, -0.25) is 4.79 Å². The first-order valence-corrected chi connectivity index (χ1v) is 7.84. The number of rotatable bonds is 3. The third kappa shape index (κ3) is 3.69. The monoisotopic (exact) mass is 309 g/mol. The standard InChI is InChI=1S/C16H24ClN3O/c1-11(2)20-8-6-13(7-9-20)19(3)16(21)12-4-5-14(17)15(18)10-12/h4-5,10-11,13H,6-9,18H2,1-3H3. The number of nitrogens with zero attached hydrogens (tertiary/aromatic N) is 2. The smallest absolute Gasteiger partial charge is 0.253 e. The summed E-state index contributed by atoms with van der Waals surface area (Å²) in [6.07, 6.45) is 2.03. The second kappa shape index (κ2) is 6.67. The van der Waals surface area contributed by atoms with E-state index in [9.17, 15) is 4.79 Å². The molecule has 1 heterocycles. The molecule has 0 atom stereocenters. The zero-order chi connectivity index (χ0) is 15.6. The maximum atomic E-state index is 12.5. The van der Waals surface area contributed by atoms with Crippen molar-refractivity contribution < 1.29 is 4.79 Å². The van der Waals surface area contributed by atoms with Gasteiger partial charge in [0.05, 0.1) is 10.7 Å². The van der Waals surface area contributed by atoms with Crippen molar-refractivity contribution in [2.24, 2.45) is 0 Å². The molecule has 0 aliphatic carbocycles. The molecule has 1 amide bonds. The fourth-order valence-electron chi connectivity index (χ4n) is 2.84. The normalized spacial score (nSPS) is 17.2. The van der Waals surface area contributed by atoms with E-state index in [1.54, 1.807) is 18.2 Å². The maximum absolute atomic E-state index is 12.5. The molecule has 116 valence electrons. The fourth-order valence-corrected chi connectivity index (χ4v) is 2.95. The fraction of sp³-hybridized carbons (Fsp3) is 0.562. The van der Waals surface area contributed by atoms with Gasteiger partial charge in [0.15, 0.2) is 0 Å². The number of hydrogen-bond acceptors (Lipinski definition) is 3. The first-order chi connectivity index (χ1) is 9.90. The highest BCUT2D eigenvalue weighted by Crippen LogP contribution is 2.23. The topological polar surface area (TPSA) is 49.6 Å². The molecule has 2 N–H and O–H groups in total. The van der Waals surface area contributed by atoms with Crippen LogP contribution in [0.4, 0.5) is 5.69 Å². The number of likely N-dealkylation sites (tertiary alicyclic amines) is 1. The second-order valence-corrected chi connectivity index (χ2v) is 6.42. The molecule has 1 fully saturated rings. The summed E-state index contributed by atoms with van der Waals surface area (Å²) >= 11 is 5.90. The Morgan fingerprint density at radius 1 is 1.38 bits per heavy atom. The Morgan fingerprint density at radius 2 is 2.00 bits per heavy atom. The van der Waals surface area contributed by atoms with Crippen LogP contribution < -0.4 is 5.73 Å². The summed E-state index contributed by atoms with van der Waals surface area (Å²) in [5, 5.41) is 0.486. The number of halogens is 1. The Morgan fingerprint density at radius 3 is 2.52 bits per heavy atom. The number of piperidine rings is 1. The van der Waals surface area contributed by atoms with E-state index in [0.29, 0.717) is 28.4 Å². The molecule has 0 bridgehead atoms. The average Bonchev–Trinajstić information content (AvgIpc) is 2.48. The highest BCUT2D eigenvalue weighted by Gasteiger charge is 2.26. The van der Waals surface area contributed by atoms with E-state index in [1.807, 2.05) is 11.9 Å². The third-order valence-electron chi connectivity index (χ3n) is 4.34. The van der Waals surface area contributed by atoms with E-state index in [1.165, 1.54) is 0 Å². The van der Waals surface area contributed by atoms with Crippen LogP contribution in [0.2, 0.25) is 5.02 Å². The predicted octanol–water partition coefficient (Wildman–Crippen LogP) is 2.87. The number of carbonyl (C=O) groups excluding carboxylic acids is 1. The Labute approximate surface area is 131 Å². The third-order valence-corrected chi connectivity index (χ3v) is 4.68. The number of amides is 1. The summed E-state index contributed by atoms with van der Waals surface area (Å²) in [7, 11) is 1.88. The van der Waals surface area contributed by atoms with Gasteiger partial charge < -0.3 is 15.5 Å². The highest BCUT2D eigenvalue weighted by molar-refractivity contribution is 6.33. The molecule has 2 rings (SSSR count). The van der Waals surface area contributed by atoms with Crippen LogP contribution in [0.1, 0.15) is 37.0 Å². The lowest BCUT2D eigenvalue weighted by Crippen LogP contribution is -2.47. The van der Waals surface area contributed by atoms with Gasteiger partial charge in [-0.1, -0.05) is 11.6 Å². The van der Waals surface area contributed by atoms with Gasteiger partial charge >= 0.3 is 0 Å². The van der Waals surface area contributed by atoms with Gasteiger partial charge in [0.1, 0.15) is 0 Å². The van der Waals surface area contributed by atoms with E-state index in [-0.39, 0.29) is 5.91 Å². The van der Waals surface area contributed by atoms with Crippen LogP contribution in [0, 0.1) is 0 Å². The van der Waals surface area contributed by atoms with Crippen LogP contribution in [0.3, 0.4) is 0 Å². The van der Waals surface area contributed by atoms with E-state index in [4.69, 9.17) is 17.3 Å². The molecule has 1 aliphatic heterocycles. The van der Waals surface area contributed by atoms with Gasteiger partial charge in [0, 0.05) is 37.8 Å². The second-order valence-electron chi connectivity index (χ2n) is 6.01. The number of anilines is 1. The van der Waals surface area contributed by atoms with Crippen LogP contribution in [-0.2, 0) is 0 Å². The molecule has 1 aromatic carbocycles. The van der Waals surface area contributed by atoms with E-state index < -0.39 is 0 Å². The van der Waals surface area contributed by atoms with Gasteiger partial charge in [-0.15, -0.1) is 0 Å². The zero-order valence-corrected chi connectivity index (χ0v) is 13.7. The Hall–Kier alpha value is -1.26. The summed E-state index contributed by atoms with van der Waals surface area (Å²) < 4.78 is 0. The molecule has 1 saturated heterocycles. The lowest BCUT2D eigenvalue weighted by molar-refractivity contribution is 0.0615. The minimum atomic E-state index is 0.0152. The number of benzene rings is 1. The minimum absolute atomic E-state index is 0.0152. The zero-order valence-electron chi connectivity index (χ0n) is 13.0.